The number of rotatable bonds is 3. The van der Waals surface area contributed by atoms with E-state index in [4.69, 9.17) is 9.47 Å². The Morgan fingerprint density at radius 3 is 2.53 bits per heavy atom. The van der Waals surface area contributed by atoms with E-state index in [0.29, 0.717) is 41.1 Å². The summed E-state index contributed by atoms with van der Waals surface area (Å²) in [6.45, 7) is 4.30. The van der Waals surface area contributed by atoms with Crippen LogP contribution in [0.2, 0.25) is 0 Å². The molecule has 0 spiro atoms. The Balaban J connectivity index is 1.67. The maximum atomic E-state index is 14.0. The highest BCUT2D eigenvalue weighted by Crippen LogP contribution is 2.52. The van der Waals surface area contributed by atoms with Gasteiger partial charge in [-0.25, -0.2) is 0 Å². The van der Waals surface area contributed by atoms with Crippen LogP contribution in [0.25, 0.3) is 5.76 Å². The predicted octanol–water partition coefficient (Wildman–Crippen LogP) is 7.37. The van der Waals surface area contributed by atoms with E-state index in [-0.39, 0.29) is 29.6 Å². The highest BCUT2D eigenvalue weighted by atomic mass is 79.9. The van der Waals surface area contributed by atoms with Gasteiger partial charge < -0.3 is 14.6 Å². The number of halogens is 1. The lowest BCUT2D eigenvalue weighted by atomic mass is 9.67. The molecule has 3 aromatic rings. The number of amidine groups is 1. The average molecular weight is 571 g/mol. The van der Waals surface area contributed by atoms with E-state index in [2.05, 4.69) is 29.8 Å². The van der Waals surface area contributed by atoms with Gasteiger partial charge in [0.25, 0.3) is 0 Å². The van der Waals surface area contributed by atoms with Gasteiger partial charge in [-0.1, -0.05) is 72.2 Å². The molecule has 2 aliphatic heterocycles. The molecule has 38 heavy (non-hydrogen) atoms. The molecule has 0 fully saturated rings. The molecule has 1 aliphatic carbocycles. The zero-order chi connectivity index (χ0) is 26.6. The third-order valence-electron chi connectivity index (χ3n) is 7.32. The highest BCUT2D eigenvalue weighted by Gasteiger charge is 2.47. The molecule has 7 heteroatoms. The van der Waals surface area contributed by atoms with Crippen molar-refractivity contribution in [1.82, 2.24) is 0 Å². The van der Waals surface area contributed by atoms with Crippen LogP contribution in [0.15, 0.2) is 94.1 Å². The van der Waals surface area contributed by atoms with E-state index in [9.17, 15) is 15.3 Å². The highest BCUT2D eigenvalue weighted by molar-refractivity contribution is 9.10. The molecule has 3 aromatic carbocycles. The van der Waals surface area contributed by atoms with Gasteiger partial charge in [-0.2, -0.15) is 0 Å². The fourth-order valence-corrected chi connectivity index (χ4v) is 6.08. The van der Waals surface area contributed by atoms with Gasteiger partial charge >= 0.3 is 0 Å². The van der Waals surface area contributed by atoms with E-state index < -0.39 is 5.92 Å². The molecule has 0 aromatic heterocycles. The second kappa shape index (κ2) is 9.17. The molecular formula is C31H27BrN2O4. The molecule has 0 radical (unpaired) electrons. The molecule has 0 unspecified atom stereocenters. The van der Waals surface area contributed by atoms with Crippen LogP contribution in [0.1, 0.15) is 43.7 Å². The third-order valence-corrected chi connectivity index (χ3v) is 7.81. The number of hydrogen-bond donors (Lipinski definition) is 2. The average Bonchev–Trinajstić information content (AvgIpc) is 3.35. The first-order valence-electron chi connectivity index (χ1n) is 12.5. The van der Waals surface area contributed by atoms with Gasteiger partial charge in [0.1, 0.15) is 11.6 Å². The zero-order valence-corrected chi connectivity index (χ0v) is 22.7. The van der Waals surface area contributed by atoms with Gasteiger partial charge in [0.2, 0.25) is 6.79 Å². The predicted molar refractivity (Wildman–Crippen MR) is 151 cm³/mol. The second-order valence-corrected chi connectivity index (χ2v) is 11.6. The Hall–Kier alpha value is -3.84. The quantitative estimate of drug-likeness (QED) is 0.321. The molecular weight excluding hydrogens is 544 g/mol. The maximum Gasteiger partial charge on any atom is 0.231 e. The molecule has 3 aliphatic rings. The SMILES string of the molecule is CC1(C)CC(=O)C2=C(C1)N(c1cccc(Br)c1)C(=N)/C(=C(/O)c1ccccc1)[C@H]2c1ccc2c(c1)OCO2. The summed E-state index contributed by atoms with van der Waals surface area (Å²) >= 11 is 3.56. The number of nitrogens with one attached hydrogen (secondary N) is 1. The van der Waals surface area contributed by atoms with Crippen molar-refractivity contribution in [3.63, 3.8) is 0 Å². The number of carbonyl (C=O) groups excluding carboxylic acids is 1. The fourth-order valence-electron chi connectivity index (χ4n) is 5.69. The number of aliphatic hydroxyl groups excluding tert-OH is 1. The number of benzene rings is 3. The Labute approximate surface area is 229 Å². The van der Waals surface area contributed by atoms with Crippen LogP contribution in [0.3, 0.4) is 0 Å². The van der Waals surface area contributed by atoms with Crippen LogP contribution in [-0.4, -0.2) is 23.5 Å². The summed E-state index contributed by atoms with van der Waals surface area (Å²) in [4.78, 5) is 15.8. The second-order valence-electron chi connectivity index (χ2n) is 10.6. The summed E-state index contributed by atoms with van der Waals surface area (Å²) in [5.41, 5.74) is 3.61. The largest absolute Gasteiger partial charge is 0.507 e. The van der Waals surface area contributed by atoms with Crippen molar-refractivity contribution in [1.29, 1.82) is 5.41 Å². The Morgan fingerprint density at radius 1 is 1.00 bits per heavy atom. The first-order valence-corrected chi connectivity index (χ1v) is 13.3. The van der Waals surface area contributed by atoms with Crippen molar-refractivity contribution in [3.8, 4) is 11.5 Å². The summed E-state index contributed by atoms with van der Waals surface area (Å²) in [5, 5.41) is 21.3. The molecule has 0 saturated heterocycles. The topological polar surface area (TPSA) is 82.9 Å². The third kappa shape index (κ3) is 4.11. The number of ether oxygens (including phenoxy) is 2. The van der Waals surface area contributed by atoms with Crippen molar-refractivity contribution in [2.45, 2.75) is 32.6 Å². The van der Waals surface area contributed by atoms with Crippen LogP contribution in [0.5, 0.6) is 11.5 Å². The van der Waals surface area contributed by atoms with Gasteiger partial charge in [-0.3, -0.25) is 15.1 Å². The van der Waals surface area contributed by atoms with E-state index in [1.807, 2.05) is 77.7 Å². The molecule has 6 nitrogen and oxygen atoms in total. The molecule has 2 heterocycles. The van der Waals surface area contributed by atoms with E-state index in [0.717, 1.165) is 21.4 Å². The lowest BCUT2D eigenvalue weighted by molar-refractivity contribution is -0.118. The number of allylic oxidation sites excluding steroid dienone is 2. The number of carbonyl (C=O) groups is 1. The molecule has 6 rings (SSSR count). The number of ketones is 1. The number of nitrogens with zero attached hydrogens (tertiary/aromatic N) is 1. The van der Waals surface area contributed by atoms with Gasteiger partial charge in [-0.05, 0) is 47.7 Å². The minimum absolute atomic E-state index is 0.0183. The molecule has 0 saturated carbocycles. The van der Waals surface area contributed by atoms with Crippen molar-refractivity contribution in [2.24, 2.45) is 5.41 Å². The minimum Gasteiger partial charge on any atom is -0.507 e. The normalized spacial score (nSPS) is 21.4. The fraction of sp³-hybridized carbons (Fsp3) is 0.226. The van der Waals surface area contributed by atoms with Gasteiger partial charge in [0, 0.05) is 44.9 Å². The van der Waals surface area contributed by atoms with Crippen molar-refractivity contribution >= 4 is 39.0 Å². The van der Waals surface area contributed by atoms with E-state index in [1.54, 1.807) is 0 Å². The summed E-state index contributed by atoms with van der Waals surface area (Å²) in [6, 6.07) is 22.5. The molecule has 192 valence electrons. The molecule has 0 amide bonds. The lowest BCUT2D eigenvalue weighted by Gasteiger charge is -2.45. The van der Waals surface area contributed by atoms with Crippen molar-refractivity contribution < 1.29 is 19.4 Å². The van der Waals surface area contributed by atoms with Crippen LogP contribution in [0.4, 0.5) is 5.69 Å². The van der Waals surface area contributed by atoms with Crippen LogP contribution in [0, 0.1) is 10.8 Å². The standard InChI is InChI=1S/C31H27BrN2O4/c1-31(2)15-22-27(23(35)16-31)26(19-11-12-24-25(13-19)38-17-37-24)28(29(36)18-7-4-3-5-8-18)30(33)34(22)21-10-6-9-20(32)14-21/h3-14,26,33,36H,15-17H2,1-2H3/b29-28+,33-30?/t26-/m0/s1. The van der Waals surface area contributed by atoms with Crippen molar-refractivity contribution in [2.75, 3.05) is 11.7 Å². The van der Waals surface area contributed by atoms with Gasteiger partial charge in [0.15, 0.2) is 17.3 Å². The van der Waals surface area contributed by atoms with E-state index >= 15 is 0 Å². The smallest absolute Gasteiger partial charge is 0.231 e. The first-order chi connectivity index (χ1) is 18.2. The lowest BCUT2D eigenvalue weighted by Crippen LogP contribution is -2.45. The maximum absolute atomic E-state index is 14.0. The zero-order valence-electron chi connectivity index (χ0n) is 21.1. The summed E-state index contributed by atoms with van der Waals surface area (Å²) in [7, 11) is 0. The molecule has 1 atom stereocenters. The molecule has 0 bridgehead atoms. The number of Topliss-reactive ketones (excluding diaryl/α,β-unsaturated/α-hetero) is 1. The summed E-state index contributed by atoms with van der Waals surface area (Å²) < 4.78 is 12.1. The number of anilines is 1. The Kier molecular flexibility index (Phi) is 5.91. The monoisotopic (exact) mass is 570 g/mol. The Bertz CT molecular complexity index is 1540. The number of fused-ring (bicyclic) bond motifs is 1. The van der Waals surface area contributed by atoms with Gasteiger partial charge in [-0.15, -0.1) is 0 Å². The van der Waals surface area contributed by atoms with Crippen molar-refractivity contribution in [3.05, 3.63) is 105 Å². The number of hydrogen-bond acceptors (Lipinski definition) is 5. The van der Waals surface area contributed by atoms with Gasteiger partial charge in [0.05, 0.1) is 0 Å². The van der Waals surface area contributed by atoms with E-state index in [1.165, 1.54) is 0 Å². The van der Waals surface area contributed by atoms with Crippen LogP contribution >= 0.6 is 15.9 Å². The number of aliphatic hydroxyl groups is 1. The summed E-state index contributed by atoms with van der Waals surface area (Å²) in [6.07, 6.45) is 0.995. The molecule has 2 N–H and O–H groups in total. The first kappa shape index (κ1) is 24.5. The Morgan fingerprint density at radius 2 is 1.76 bits per heavy atom. The van der Waals surface area contributed by atoms with Crippen LogP contribution < -0.4 is 14.4 Å². The summed E-state index contributed by atoms with van der Waals surface area (Å²) in [5.74, 6) is 0.717. The van der Waals surface area contributed by atoms with Crippen LogP contribution in [-0.2, 0) is 4.79 Å². The minimum atomic E-state index is -0.640.